The molecule has 102 valence electrons. The minimum atomic E-state index is -3.06. The Morgan fingerprint density at radius 3 is 2.61 bits per heavy atom. The maximum absolute atomic E-state index is 10.8. The molecule has 0 atom stereocenters. The van der Waals surface area contributed by atoms with Crippen LogP contribution in [0.3, 0.4) is 0 Å². The van der Waals surface area contributed by atoms with Crippen molar-refractivity contribution in [2.24, 2.45) is 0 Å². The Labute approximate surface area is 117 Å². The molecule has 0 aliphatic heterocycles. The molecule has 0 bridgehead atoms. The molecule has 0 aromatic heterocycles. The molecule has 0 radical (unpaired) electrons. The van der Waals surface area contributed by atoms with Crippen molar-refractivity contribution in [2.75, 3.05) is 19.3 Å². The highest BCUT2D eigenvalue weighted by molar-refractivity contribution is 9.10. The second-order valence-electron chi connectivity index (χ2n) is 4.29. The van der Waals surface area contributed by atoms with Crippen molar-refractivity contribution >= 4 is 26.0 Å². The lowest BCUT2D eigenvalue weighted by Gasteiger charge is -2.08. The van der Waals surface area contributed by atoms with Crippen molar-refractivity contribution in [3.63, 3.8) is 0 Å². The molecular weight excluding hydrogens is 316 g/mol. The molecule has 0 spiro atoms. The van der Waals surface area contributed by atoms with Crippen LogP contribution in [0.15, 0.2) is 22.7 Å². The van der Waals surface area contributed by atoms with Gasteiger partial charge in [-0.3, -0.25) is 0 Å². The fourth-order valence-electron chi connectivity index (χ4n) is 1.49. The monoisotopic (exact) mass is 334 g/mol. The first-order chi connectivity index (χ1) is 8.38. The van der Waals surface area contributed by atoms with Gasteiger partial charge in [-0.1, -0.05) is 28.1 Å². The maximum atomic E-state index is 10.8. The van der Waals surface area contributed by atoms with Crippen LogP contribution in [-0.4, -0.2) is 27.8 Å². The van der Waals surface area contributed by atoms with Gasteiger partial charge in [-0.05, 0) is 37.1 Å². The summed E-state index contributed by atoms with van der Waals surface area (Å²) in [5.74, 6) is 0. The van der Waals surface area contributed by atoms with Crippen molar-refractivity contribution in [1.82, 2.24) is 10.0 Å². The topological polar surface area (TPSA) is 58.2 Å². The molecule has 0 unspecified atom stereocenters. The lowest BCUT2D eigenvalue weighted by molar-refractivity contribution is 0.579. The molecule has 18 heavy (non-hydrogen) atoms. The molecule has 0 heterocycles. The highest BCUT2D eigenvalue weighted by atomic mass is 79.9. The Morgan fingerprint density at radius 1 is 1.28 bits per heavy atom. The number of benzene rings is 1. The van der Waals surface area contributed by atoms with Crippen LogP contribution in [0.5, 0.6) is 0 Å². The third kappa shape index (κ3) is 6.49. The molecule has 0 aliphatic carbocycles. The first-order valence-electron chi connectivity index (χ1n) is 5.79. The Bertz CT molecular complexity index is 489. The van der Waals surface area contributed by atoms with Gasteiger partial charge in [0.05, 0.1) is 6.26 Å². The van der Waals surface area contributed by atoms with Gasteiger partial charge in [0, 0.05) is 17.6 Å². The number of nitrogens with one attached hydrogen (secondary N) is 2. The zero-order valence-electron chi connectivity index (χ0n) is 10.7. The quantitative estimate of drug-likeness (QED) is 0.747. The van der Waals surface area contributed by atoms with Crippen molar-refractivity contribution in [2.45, 2.75) is 19.9 Å². The van der Waals surface area contributed by atoms with E-state index in [0.29, 0.717) is 6.54 Å². The van der Waals surface area contributed by atoms with Crippen LogP contribution in [0.2, 0.25) is 0 Å². The molecule has 6 heteroatoms. The summed E-state index contributed by atoms with van der Waals surface area (Å²) in [4.78, 5) is 0. The van der Waals surface area contributed by atoms with E-state index in [-0.39, 0.29) is 0 Å². The largest absolute Gasteiger partial charge is 0.313 e. The summed E-state index contributed by atoms with van der Waals surface area (Å²) >= 11 is 3.52. The van der Waals surface area contributed by atoms with Gasteiger partial charge in [0.25, 0.3) is 0 Å². The van der Waals surface area contributed by atoms with Gasteiger partial charge in [-0.15, -0.1) is 0 Å². The SMILES string of the molecule is Cc1ccc(CNCCCNS(C)(=O)=O)c(Br)c1. The van der Waals surface area contributed by atoms with E-state index < -0.39 is 10.0 Å². The predicted molar refractivity (Wildman–Crippen MR) is 78.0 cm³/mol. The summed E-state index contributed by atoms with van der Waals surface area (Å²) in [5.41, 5.74) is 2.43. The van der Waals surface area contributed by atoms with Gasteiger partial charge < -0.3 is 5.32 Å². The van der Waals surface area contributed by atoms with Gasteiger partial charge in [0.15, 0.2) is 0 Å². The molecular formula is C12H19BrN2O2S. The molecule has 0 amide bonds. The predicted octanol–water partition coefficient (Wildman–Crippen LogP) is 1.79. The van der Waals surface area contributed by atoms with Crippen molar-refractivity contribution < 1.29 is 8.42 Å². The molecule has 1 aromatic rings. The third-order valence-electron chi connectivity index (χ3n) is 2.42. The first-order valence-corrected chi connectivity index (χ1v) is 8.47. The van der Waals surface area contributed by atoms with E-state index in [1.807, 2.05) is 0 Å². The van der Waals surface area contributed by atoms with Crippen molar-refractivity contribution in [1.29, 1.82) is 0 Å². The van der Waals surface area contributed by atoms with Gasteiger partial charge >= 0.3 is 0 Å². The van der Waals surface area contributed by atoms with Gasteiger partial charge in [-0.25, -0.2) is 13.1 Å². The minimum Gasteiger partial charge on any atom is -0.313 e. The smallest absolute Gasteiger partial charge is 0.208 e. The van der Waals surface area contributed by atoms with Gasteiger partial charge in [0.1, 0.15) is 0 Å². The molecule has 0 fully saturated rings. The van der Waals surface area contributed by atoms with Crippen molar-refractivity contribution in [3.8, 4) is 0 Å². The van der Waals surface area contributed by atoms with E-state index in [4.69, 9.17) is 0 Å². The molecule has 4 nitrogen and oxygen atoms in total. The van der Waals surface area contributed by atoms with Gasteiger partial charge in [0.2, 0.25) is 10.0 Å². The van der Waals surface area contributed by atoms with E-state index in [9.17, 15) is 8.42 Å². The van der Waals surface area contributed by atoms with Crippen LogP contribution < -0.4 is 10.0 Å². The van der Waals surface area contributed by atoms with Crippen LogP contribution in [0.25, 0.3) is 0 Å². The Hall–Kier alpha value is -0.430. The zero-order valence-corrected chi connectivity index (χ0v) is 13.1. The molecule has 0 aliphatic rings. The number of aryl methyl sites for hydroxylation is 1. The van der Waals surface area contributed by atoms with Crippen LogP contribution in [0, 0.1) is 6.92 Å². The second-order valence-corrected chi connectivity index (χ2v) is 6.98. The van der Waals surface area contributed by atoms with Crippen LogP contribution in [0.4, 0.5) is 0 Å². The summed E-state index contributed by atoms with van der Waals surface area (Å²) in [6.45, 7) is 4.09. The maximum Gasteiger partial charge on any atom is 0.208 e. The normalized spacial score (nSPS) is 11.7. The number of rotatable bonds is 7. The standard InChI is InChI=1S/C12H19BrN2O2S/c1-10-4-5-11(12(13)8-10)9-14-6-3-7-15-18(2,16)17/h4-5,8,14-15H,3,6-7,9H2,1-2H3. The van der Waals surface area contributed by atoms with Crippen LogP contribution in [0.1, 0.15) is 17.5 Å². The van der Waals surface area contributed by atoms with E-state index in [1.165, 1.54) is 17.4 Å². The number of hydrogen-bond donors (Lipinski definition) is 2. The average molecular weight is 335 g/mol. The average Bonchev–Trinajstić information content (AvgIpc) is 2.24. The summed E-state index contributed by atoms with van der Waals surface area (Å²) in [7, 11) is -3.06. The lowest BCUT2D eigenvalue weighted by Crippen LogP contribution is -2.26. The highest BCUT2D eigenvalue weighted by Gasteiger charge is 2.00. The summed E-state index contributed by atoms with van der Waals surface area (Å²) in [6.07, 6.45) is 1.94. The molecule has 0 saturated carbocycles. The molecule has 1 aromatic carbocycles. The van der Waals surface area contributed by atoms with E-state index in [2.05, 4.69) is 51.1 Å². The summed E-state index contributed by atoms with van der Waals surface area (Å²) in [6, 6.07) is 6.25. The zero-order chi connectivity index (χ0) is 13.6. The second kappa shape index (κ2) is 7.23. The summed E-state index contributed by atoms with van der Waals surface area (Å²) in [5, 5.41) is 3.28. The van der Waals surface area contributed by atoms with E-state index in [0.717, 1.165) is 24.0 Å². The lowest BCUT2D eigenvalue weighted by atomic mass is 10.1. The van der Waals surface area contributed by atoms with E-state index in [1.54, 1.807) is 0 Å². The number of hydrogen-bond acceptors (Lipinski definition) is 3. The first kappa shape index (κ1) is 15.6. The molecule has 0 saturated heterocycles. The molecule has 1 rings (SSSR count). The number of halogens is 1. The fraction of sp³-hybridized carbons (Fsp3) is 0.500. The van der Waals surface area contributed by atoms with Crippen LogP contribution in [-0.2, 0) is 16.6 Å². The van der Waals surface area contributed by atoms with Crippen LogP contribution >= 0.6 is 15.9 Å². The fourth-order valence-corrected chi connectivity index (χ4v) is 2.64. The summed E-state index contributed by atoms with van der Waals surface area (Å²) < 4.78 is 25.2. The molecule has 2 N–H and O–H groups in total. The van der Waals surface area contributed by atoms with Crippen molar-refractivity contribution in [3.05, 3.63) is 33.8 Å². The third-order valence-corrected chi connectivity index (χ3v) is 3.89. The number of sulfonamides is 1. The highest BCUT2D eigenvalue weighted by Crippen LogP contribution is 2.17. The minimum absolute atomic E-state index is 0.473. The Kier molecular flexibility index (Phi) is 6.28. The van der Waals surface area contributed by atoms with Gasteiger partial charge in [-0.2, -0.15) is 0 Å². The Balaban J connectivity index is 2.22. The Morgan fingerprint density at radius 2 is 2.00 bits per heavy atom. The van der Waals surface area contributed by atoms with E-state index >= 15 is 0 Å².